The molecule has 0 aliphatic heterocycles. The molecule has 0 bridgehead atoms. The van der Waals surface area contributed by atoms with Crippen molar-refractivity contribution in [1.29, 1.82) is 0 Å². The first-order valence-corrected chi connectivity index (χ1v) is 7.19. The predicted octanol–water partition coefficient (Wildman–Crippen LogP) is -4.47. The summed E-state index contributed by atoms with van der Waals surface area (Å²) in [5.41, 5.74) is 0. The number of rotatable bonds is 4. The molecule has 136 valence electrons. The van der Waals surface area contributed by atoms with Crippen LogP contribution in [0.15, 0.2) is 0 Å². The lowest BCUT2D eigenvalue weighted by Crippen LogP contribution is -2.36. The Bertz CT molecular complexity index is 222. The smallest absolute Gasteiger partial charge is 0.101 e. The van der Waals surface area contributed by atoms with Crippen LogP contribution in [0.4, 0.5) is 0 Å². The minimum absolute atomic E-state index is 0. The molecular formula is C10H33N2O8P. The van der Waals surface area contributed by atoms with Crippen LogP contribution in [0.25, 0.3) is 0 Å². The molecule has 0 fully saturated rings. The van der Waals surface area contributed by atoms with Gasteiger partial charge in [-0.25, -0.2) is 0 Å². The van der Waals surface area contributed by atoms with E-state index in [1.807, 2.05) is 0 Å². The lowest BCUT2D eigenvalue weighted by molar-refractivity contribution is -0.870. The lowest BCUT2D eigenvalue weighted by Gasteiger charge is -2.21. The molecule has 21 heavy (non-hydrogen) atoms. The fourth-order valence-electron chi connectivity index (χ4n) is 0.600. The highest BCUT2D eigenvalue weighted by atomic mass is 31.2. The molecule has 10 nitrogen and oxygen atoms in total. The van der Waals surface area contributed by atoms with Gasteiger partial charge in [0, 0.05) is 0 Å². The van der Waals surface area contributed by atoms with Crippen LogP contribution in [0, 0.1) is 0 Å². The summed E-state index contributed by atoms with van der Waals surface area (Å²) >= 11 is 0. The van der Waals surface area contributed by atoms with Crippen molar-refractivity contribution < 1.29 is 49.4 Å². The van der Waals surface area contributed by atoms with Crippen LogP contribution in [0.2, 0.25) is 0 Å². The minimum atomic E-state index is -5.14. The van der Waals surface area contributed by atoms with E-state index in [0.717, 1.165) is 22.1 Å². The monoisotopic (exact) mass is 340 g/mol. The molecular weight excluding hydrogens is 307 g/mol. The minimum Gasteiger partial charge on any atom is -0.790 e. The third kappa shape index (κ3) is 102. The number of quaternary nitrogens is 2. The zero-order valence-electron chi connectivity index (χ0n) is 13.7. The van der Waals surface area contributed by atoms with Gasteiger partial charge in [0.15, 0.2) is 0 Å². The van der Waals surface area contributed by atoms with Gasteiger partial charge in [0.25, 0.3) is 0 Å². The SMILES string of the molecule is C[N+](C)(C)CCO.C[N+](C)(C)CCO.O.O.O=P([O-])([O-])O. The maximum Gasteiger partial charge on any atom is 0.101 e. The van der Waals surface area contributed by atoms with Crippen LogP contribution < -0.4 is 9.79 Å². The third-order valence-corrected chi connectivity index (χ3v) is 1.54. The predicted molar refractivity (Wildman–Crippen MR) is 77.0 cm³/mol. The fraction of sp³-hybridized carbons (Fsp3) is 1.00. The number of aliphatic hydroxyl groups excluding tert-OH is 2. The summed E-state index contributed by atoms with van der Waals surface area (Å²) < 4.78 is 10.3. The average molecular weight is 340 g/mol. The van der Waals surface area contributed by atoms with E-state index < -0.39 is 7.82 Å². The Labute approximate surface area is 126 Å². The molecule has 0 saturated carbocycles. The second-order valence-corrected chi connectivity index (χ2v) is 6.88. The number of phosphoric acid groups is 1. The molecule has 0 amide bonds. The Hall–Kier alpha value is -0.130. The van der Waals surface area contributed by atoms with Gasteiger partial charge >= 0.3 is 0 Å². The molecule has 0 aliphatic rings. The van der Waals surface area contributed by atoms with Crippen LogP contribution in [0.3, 0.4) is 0 Å². The van der Waals surface area contributed by atoms with Crippen LogP contribution in [0.1, 0.15) is 0 Å². The van der Waals surface area contributed by atoms with Gasteiger partial charge in [-0.15, -0.1) is 0 Å². The summed E-state index contributed by atoms with van der Waals surface area (Å²) in [7, 11) is 7.17. The van der Waals surface area contributed by atoms with E-state index in [4.69, 9.17) is 29.5 Å². The van der Waals surface area contributed by atoms with Crippen molar-refractivity contribution in [2.24, 2.45) is 0 Å². The van der Waals surface area contributed by atoms with Crippen molar-refractivity contribution >= 4 is 7.82 Å². The van der Waals surface area contributed by atoms with Gasteiger partial charge in [0.1, 0.15) is 13.1 Å². The number of likely N-dealkylation sites (N-methyl/N-ethyl adjacent to an activating group) is 2. The summed E-state index contributed by atoms with van der Waals surface area (Å²) in [6.07, 6.45) is 0. The first-order valence-electron chi connectivity index (χ1n) is 5.70. The van der Waals surface area contributed by atoms with Gasteiger partial charge in [-0.05, 0) is 0 Å². The molecule has 0 atom stereocenters. The fourth-order valence-corrected chi connectivity index (χ4v) is 0.600. The summed E-state index contributed by atoms with van der Waals surface area (Å²) in [6, 6.07) is 0. The maximum absolute atomic E-state index is 8.66. The second-order valence-electron chi connectivity index (χ2n) is 5.94. The van der Waals surface area contributed by atoms with E-state index in [-0.39, 0.29) is 24.2 Å². The van der Waals surface area contributed by atoms with Crippen molar-refractivity contribution in [1.82, 2.24) is 0 Å². The Balaban J connectivity index is -0.0000000590. The summed E-state index contributed by atoms with van der Waals surface area (Å²) in [6.45, 7) is 2.23. The molecule has 0 radical (unpaired) electrons. The van der Waals surface area contributed by atoms with Crippen LogP contribution >= 0.6 is 7.82 Å². The number of hydrogen-bond acceptors (Lipinski definition) is 5. The summed E-state index contributed by atoms with van der Waals surface area (Å²) in [5, 5.41) is 16.8. The zero-order chi connectivity index (χ0) is 16.3. The highest BCUT2D eigenvalue weighted by Gasteiger charge is 2.02. The second kappa shape index (κ2) is 14.8. The van der Waals surface area contributed by atoms with E-state index in [9.17, 15) is 0 Å². The first kappa shape index (κ1) is 32.7. The Kier molecular flexibility index (Phi) is 23.0. The first-order chi connectivity index (χ1) is 8.12. The van der Waals surface area contributed by atoms with E-state index in [0.29, 0.717) is 0 Å². The van der Waals surface area contributed by atoms with Crippen molar-refractivity contribution in [3.63, 3.8) is 0 Å². The molecule has 0 aromatic carbocycles. The molecule has 0 aromatic rings. The topological polar surface area (TPSA) is 187 Å². The third-order valence-electron chi connectivity index (χ3n) is 1.54. The molecule has 0 heterocycles. The number of aliphatic hydroxyl groups is 2. The van der Waals surface area contributed by atoms with Crippen LogP contribution in [-0.4, -0.2) is 104 Å². The van der Waals surface area contributed by atoms with Gasteiger partial charge < -0.3 is 49.4 Å². The highest BCUT2D eigenvalue weighted by Crippen LogP contribution is 2.11. The standard InChI is InChI=1S/2C5H14NO.H3O4P.2H2O/c2*1-6(2,3)4-5-7;1-5(2,3)4;;/h2*7H,4-5H2,1-3H3;(H3,1,2,3,4);2*1H2/q2*+1;;;/p-2. The van der Waals surface area contributed by atoms with Crippen molar-refractivity contribution in [2.75, 3.05) is 68.6 Å². The molecule has 0 rings (SSSR count). The van der Waals surface area contributed by atoms with Gasteiger partial charge in [-0.2, -0.15) is 0 Å². The van der Waals surface area contributed by atoms with Crippen molar-refractivity contribution in [3.05, 3.63) is 0 Å². The Morgan fingerprint density at radius 2 is 0.952 bits per heavy atom. The molecule has 11 heteroatoms. The maximum atomic E-state index is 8.66. The zero-order valence-corrected chi connectivity index (χ0v) is 14.6. The Morgan fingerprint density at radius 1 is 0.810 bits per heavy atom. The number of hydrogen-bond donors (Lipinski definition) is 3. The van der Waals surface area contributed by atoms with Gasteiger partial charge in [-0.3, -0.25) is 0 Å². The van der Waals surface area contributed by atoms with E-state index in [1.165, 1.54) is 0 Å². The molecule has 0 aliphatic carbocycles. The van der Waals surface area contributed by atoms with Gasteiger partial charge in [0.2, 0.25) is 0 Å². The molecule has 0 saturated heterocycles. The molecule has 7 N–H and O–H groups in total. The normalized spacial score (nSPS) is 10.8. The number of nitrogens with zero attached hydrogens (tertiary/aromatic N) is 2. The molecule has 0 spiro atoms. The van der Waals surface area contributed by atoms with E-state index in [1.54, 1.807) is 0 Å². The summed E-state index contributed by atoms with van der Waals surface area (Å²) in [5.74, 6) is 0. The van der Waals surface area contributed by atoms with E-state index >= 15 is 0 Å². The molecule has 0 unspecified atom stereocenters. The van der Waals surface area contributed by atoms with Crippen LogP contribution in [0.5, 0.6) is 0 Å². The van der Waals surface area contributed by atoms with Gasteiger partial charge in [-0.1, -0.05) is 0 Å². The largest absolute Gasteiger partial charge is 0.790 e. The van der Waals surface area contributed by atoms with Crippen molar-refractivity contribution in [2.45, 2.75) is 0 Å². The summed E-state index contributed by atoms with van der Waals surface area (Å²) in [4.78, 5) is 24.3. The van der Waals surface area contributed by atoms with Crippen molar-refractivity contribution in [3.8, 4) is 0 Å². The van der Waals surface area contributed by atoms with E-state index in [2.05, 4.69) is 42.3 Å². The van der Waals surface area contributed by atoms with Gasteiger partial charge in [0.05, 0.1) is 63.3 Å². The lowest BCUT2D eigenvalue weighted by atomic mass is 10.5. The van der Waals surface area contributed by atoms with Crippen LogP contribution in [-0.2, 0) is 4.57 Å². The average Bonchev–Trinajstić information content (AvgIpc) is 1.95. The Morgan fingerprint density at radius 3 is 0.952 bits per heavy atom. The highest BCUT2D eigenvalue weighted by molar-refractivity contribution is 7.42. The molecule has 0 aromatic heterocycles. The quantitative estimate of drug-likeness (QED) is 0.342.